The maximum Gasteiger partial charge on any atom is 0.106 e. The Kier molecular flexibility index (Phi) is 5.60. The smallest absolute Gasteiger partial charge is 0.106 e. The third-order valence-corrected chi connectivity index (χ3v) is 5.23. The molecule has 1 atom stereocenters. The molecule has 1 fully saturated rings. The van der Waals surface area contributed by atoms with Crippen LogP contribution in [0.3, 0.4) is 0 Å². The Labute approximate surface area is 146 Å². The van der Waals surface area contributed by atoms with E-state index in [1.807, 2.05) is 7.05 Å². The van der Waals surface area contributed by atoms with E-state index in [2.05, 4.69) is 58.8 Å². The summed E-state index contributed by atoms with van der Waals surface area (Å²) < 4.78 is 2.39. The molecular formula is C21H31N3. The highest BCUT2D eigenvalue weighted by atomic mass is 15.2. The van der Waals surface area contributed by atoms with Gasteiger partial charge < -0.3 is 9.47 Å². The minimum absolute atomic E-state index is 0.457. The summed E-state index contributed by atoms with van der Waals surface area (Å²) in [7, 11) is 1.95. The molecule has 3 rings (SSSR count). The quantitative estimate of drug-likeness (QED) is 0.727. The maximum absolute atomic E-state index is 4.67. The molecule has 0 bridgehead atoms. The molecule has 1 aromatic carbocycles. The summed E-state index contributed by atoms with van der Waals surface area (Å²) in [6.45, 7) is 7.91. The molecule has 3 nitrogen and oxygen atoms in total. The maximum atomic E-state index is 4.67. The number of aryl methyl sites for hydroxylation is 1. The van der Waals surface area contributed by atoms with Gasteiger partial charge in [-0.3, -0.25) is 4.99 Å². The number of piperidine rings is 1. The number of hydrogen-bond acceptors (Lipinski definition) is 1. The van der Waals surface area contributed by atoms with E-state index in [1.165, 1.54) is 54.4 Å². The Morgan fingerprint density at radius 2 is 2.00 bits per heavy atom. The molecule has 1 aliphatic rings. The van der Waals surface area contributed by atoms with Crippen molar-refractivity contribution in [3.63, 3.8) is 0 Å². The monoisotopic (exact) mass is 325 g/mol. The molecule has 0 aliphatic carbocycles. The van der Waals surface area contributed by atoms with Crippen LogP contribution in [0.15, 0.2) is 35.5 Å². The van der Waals surface area contributed by atoms with Gasteiger partial charge in [0.2, 0.25) is 0 Å². The molecule has 0 saturated carbocycles. The summed E-state index contributed by atoms with van der Waals surface area (Å²) in [6.07, 6.45) is 8.39. The zero-order valence-corrected chi connectivity index (χ0v) is 15.5. The Morgan fingerprint density at radius 1 is 1.12 bits per heavy atom. The molecule has 1 unspecified atom stereocenters. The van der Waals surface area contributed by atoms with Crippen molar-refractivity contribution < 1.29 is 0 Å². The van der Waals surface area contributed by atoms with Crippen LogP contribution in [-0.2, 0) is 6.54 Å². The van der Waals surface area contributed by atoms with Crippen LogP contribution in [0.5, 0.6) is 0 Å². The number of hydrogen-bond donors (Lipinski definition) is 0. The van der Waals surface area contributed by atoms with Crippen LogP contribution < -0.4 is 0 Å². The first-order valence-electron chi connectivity index (χ1n) is 9.58. The number of benzene rings is 1. The molecule has 24 heavy (non-hydrogen) atoms. The number of rotatable bonds is 6. The molecule has 0 spiro atoms. The molecule has 2 heterocycles. The molecular weight excluding hydrogens is 294 g/mol. The lowest BCUT2D eigenvalue weighted by Gasteiger charge is -2.36. The highest BCUT2D eigenvalue weighted by Gasteiger charge is 2.27. The highest BCUT2D eigenvalue weighted by molar-refractivity contribution is 5.91. The van der Waals surface area contributed by atoms with Gasteiger partial charge in [-0.2, -0.15) is 0 Å². The average molecular weight is 326 g/mol. The van der Waals surface area contributed by atoms with Gasteiger partial charge in [-0.05, 0) is 54.8 Å². The Balaban J connectivity index is 1.88. The topological polar surface area (TPSA) is 20.5 Å². The van der Waals surface area contributed by atoms with Gasteiger partial charge in [0.05, 0.1) is 0 Å². The van der Waals surface area contributed by atoms with E-state index in [1.54, 1.807) is 0 Å². The van der Waals surface area contributed by atoms with Crippen LogP contribution in [-0.4, -0.2) is 35.4 Å². The fraction of sp³-hybridized carbons (Fsp3) is 0.571. The summed E-state index contributed by atoms with van der Waals surface area (Å²) in [5.74, 6) is 1.74. The van der Waals surface area contributed by atoms with Crippen LogP contribution >= 0.6 is 0 Å². The van der Waals surface area contributed by atoms with E-state index in [-0.39, 0.29) is 0 Å². The van der Waals surface area contributed by atoms with Gasteiger partial charge in [-0.1, -0.05) is 26.3 Å². The Hall–Kier alpha value is -1.77. The first kappa shape index (κ1) is 17.1. The fourth-order valence-electron chi connectivity index (χ4n) is 4.02. The molecule has 1 aromatic heterocycles. The van der Waals surface area contributed by atoms with Crippen molar-refractivity contribution in [3.8, 4) is 0 Å². The van der Waals surface area contributed by atoms with E-state index in [9.17, 15) is 0 Å². The van der Waals surface area contributed by atoms with Crippen molar-refractivity contribution in [3.05, 3.63) is 36.0 Å². The summed E-state index contributed by atoms with van der Waals surface area (Å²) in [5.41, 5.74) is 2.79. The lowest BCUT2D eigenvalue weighted by atomic mass is 9.88. The van der Waals surface area contributed by atoms with E-state index < -0.39 is 0 Å². The number of amidine groups is 1. The zero-order valence-electron chi connectivity index (χ0n) is 15.5. The van der Waals surface area contributed by atoms with Crippen molar-refractivity contribution >= 4 is 16.7 Å². The van der Waals surface area contributed by atoms with Gasteiger partial charge in [-0.25, -0.2) is 0 Å². The molecule has 1 saturated heterocycles. The van der Waals surface area contributed by atoms with E-state index in [0.29, 0.717) is 5.92 Å². The summed E-state index contributed by atoms with van der Waals surface area (Å²) in [6, 6.07) is 9.30. The predicted molar refractivity (Wildman–Crippen MR) is 104 cm³/mol. The molecule has 0 amide bonds. The van der Waals surface area contributed by atoms with Crippen molar-refractivity contribution in [2.75, 3.05) is 20.1 Å². The van der Waals surface area contributed by atoms with Gasteiger partial charge in [0.15, 0.2) is 0 Å². The van der Waals surface area contributed by atoms with Crippen LogP contribution in [0, 0.1) is 0 Å². The SMILES string of the molecule is CCCCn1ccc2cc(C3CCCN(CCC)C3=NC)ccc21. The van der Waals surface area contributed by atoms with Crippen LogP contribution in [0.2, 0.25) is 0 Å². The third kappa shape index (κ3) is 3.35. The predicted octanol–water partition coefficient (Wildman–Crippen LogP) is 5.06. The van der Waals surface area contributed by atoms with Crippen molar-refractivity contribution in [1.29, 1.82) is 0 Å². The largest absolute Gasteiger partial charge is 0.360 e. The van der Waals surface area contributed by atoms with E-state index in [4.69, 9.17) is 0 Å². The van der Waals surface area contributed by atoms with Gasteiger partial charge >= 0.3 is 0 Å². The van der Waals surface area contributed by atoms with Gasteiger partial charge in [0, 0.05) is 44.3 Å². The molecule has 0 radical (unpaired) electrons. The number of nitrogens with zero attached hydrogens (tertiary/aromatic N) is 3. The average Bonchev–Trinajstić information content (AvgIpc) is 3.02. The van der Waals surface area contributed by atoms with Crippen LogP contribution in [0.1, 0.15) is 57.4 Å². The highest BCUT2D eigenvalue weighted by Crippen LogP contribution is 2.31. The van der Waals surface area contributed by atoms with Crippen molar-refractivity contribution in [2.45, 2.75) is 58.4 Å². The first-order chi connectivity index (χ1) is 11.8. The first-order valence-corrected chi connectivity index (χ1v) is 9.58. The number of unbranched alkanes of at least 4 members (excludes halogenated alkanes) is 1. The summed E-state index contributed by atoms with van der Waals surface area (Å²) in [5, 5.41) is 1.37. The summed E-state index contributed by atoms with van der Waals surface area (Å²) in [4.78, 5) is 7.16. The van der Waals surface area contributed by atoms with Crippen molar-refractivity contribution in [1.82, 2.24) is 9.47 Å². The summed E-state index contributed by atoms with van der Waals surface area (Å²) >= 11 is 0. The minimum Gasteiger partial charge on any atom is -0.360 e. The van der Waals surface area contributed by atoms with E-state index >= 15 is 0 Å². The second-order valence-corrected chi connectivity index (χ2v) is 6.94. The van der Waals surface area contributed by atoms with Crippen LogP contribution in [0.4, 0.5) is 0 Å². The van der Waals surface area contributed by atoms with E-state index in [0.717, 1.165) is 19.6 Å². The Morgan fingerprint density at radius 3 is 2.75 bits per heavy atom. The molecule has 2 aromatic rings. The standard InChI is InChI=1S/C21H31N3/c1-4-6-13-23-15-11-18-16-17(9-10-20(18)23)19-8-7-14-24(12-5-2)21(19)22-3/h9-11,15-16,19H,4-8,12-14H2,1-3H3. The molecule has 1 aliphatic heterocycles. The van der Waals surface area contributed by atoms with Crippen molar-refractivity contribution in [2.24, 2.45) is 4.99 Å². The van der Waals surface area contributed by atoms with Gasteiger partial charge in [0.1, 0.15) is 5.84 Å². The number of likely N-dealkylation sites (tertiary alicyclic amines) is 1. The molecule has 0 N–H and O–H groups in total. The normalized spacial score (nSPS) is 20.2. The lowest BCUT2D eigenvalue weighted by molar-refractivity contribution is 0.355. The van der Waals surface area contributed by atoms with Gasteiger partial charge in [0.25, 0.3) is 0 Å². The second-order valence-electron chi connectivity index (χ2n) is 6.94. The second kappa shape index (κ2) is 7.87. The lowest BCUT2D eigenvalue weighted by Crippen LogP contribution is -2.40. The minimum atomic E-state index is 0.457. The zero-order chi connectivity index (χ0) is 16.9. The fourth-order valence-corrected chi connectivity index (χ4v) is 4.02. The van der Waals surface area contributed by atoms with Gasteiger partial charge in [-0.15, -0.1) is 0 Å². The molecule has 130 valence electrons. The molecule has 3 heteroatoms. The third-order valence-electron chi connectivity index (χ3n) is 5.23. The number of fused-ring (bicyclic) bond motifs is 1. The Bertz CT molecular complexity index is 696. The number of aromatic nitrogens is 1. The van der Waals surface area contributed by atoms with Crippen LogP contribution in [0.25, 0.3) is 10.9 Å². The number of aliphatic imine (C=N–C) groups is 1.